The number of alkyl halides is 5. The van der Waals surface area contributed by atoms with E-state index >= 15 is 0 Å². The normalized spacial score (nSPS) is 38.5. The third-order valence-corrected chi connectivity index (χ3v) is 4.92. The van der Waals surface area contributed by atoms with Gasteiger partial charge in [-0.2, -0.15) is 13.2 Å². The molecule has 0 radical (unpaired) electrons. The number of allylic oxidation sites excluding steroid dienone is 3. The highest BCUT2D eigenvalue weighted by atomic mass is 35.5. The molecule has 3 atom stereocenters. The summed E-state index contributed by atoms with van der Waals surface area (Å²) in [6.07, 6.45) is -2.77. The van der Waals surface area contributed by atoms with Crippen molar-refractivity contribution in [2.75, 3.05) is 6.61 Å². The molecule has 9 heteroatoms. The van der Waals surface area contributed by atoms with Crippen LogP contribution in [-0.4, -0.2) is 34.5 Å². The Morgan fingerprint density at radius 2 is 2.00 bits per heavy atom. The Morgan fingerprint density at radius 3 is 2.37 bits per heavy atom. The Balaban J connectivity index is 2.49. The van der Waals surface area contributed by atoms with E-state index in [-0.39, 0.29) is 12.2 Å². The zero-order chi connectivity index (χ0) is 14.6. The molecule has 19 heavy (non-hydrogen) atoms. The molecule has 1 amide bonds. The van der Waals surface area contributed by atoms with Crippen LogP contribution >= 0.6 is 34.8 Å². The van der Waals surface area contributed by atoms with Crippen LogP contribution in [0.2, 0.25) is 0 Å². The van der Waals surface area contributed by atoms with Crippen LogP contribution in [0, 0.1) is 0 Å². The molecule has 1 aliphatic carbocycles. The summed E-state index contributed by atoms with van der Waals surface area (Å²) in [5.41, 5.74) is 3.36. The number of hydrogen-bond donors (Lipinski definition) is 1. The minimum absolute atomic E-state index is 0.131. The Hall–Kier alpha value is -0.430. The second-order valence-corrected chi connectivity index (χ2v) is 5.63. The first-order valence-corrected chi connectivity index (χ1v) is 6.18. The molecular weight excluding hydrogens is 329 g/mol. The number of carbonyl (C=O) groups is 1. The van der Waals surface area contributed by atoms with Gasteiger partial charge < -0.3 is 10.5 Å². The van der Waals surface area contributed by atoms with Crippen molar-refractivity contribution in [1.82, 2.24) is 0 Å². The fourth-order valence-electron chi connectivity index (χ4n) is 1.85. The summed E-state index contributed by atoms with van der Waals surface area (Å²) in [5, 5.41) is -2.47. The fourth-order valence-corrected chi connectivity index (χ4v) is 2.85. The molecule has 0 aromatic heterocycles. The van der Waals surface area contributed by atoms with Crippen LogP contribution in [0.25, 0.3) is 0 Å². The van der Waals surface area contributed by atoms with Gasteiger partial charge in [0.1, 0.15) is 0 Å². The quantitative estimate of drug-likeness (QED) is 0.622. The van der Waals surface area contributed by atoms with Gasteiger partial charge in [0.05, 0.1) is 17.0 Å². The molecule has 2 rings (SSSR count). The largest absolute Gasteiger partial charge is 0.414 e. The molecule has 3 nitrogen and oxygen atoms in total. The maximum Gasteiger partial charge on any atom is 0.414 e. The van der Waals surface area contributed by atoms with Crippen molar-refractivity contribution < 1.29 is 22.7 Å². The second-order valence-electron chi connectivity index (χ2n) is 4.19. The van der Waals surface area contributed by atoms with E-state index in [4.69, 9.17) is 45.3 Å². The lowest BCUT2D eigenvalue weighted by atomic mass is 9.84. The van der Waals surface area contributed by atoms with E-state index in [9.17, 15) is 18.0 Å². The smallest absolute Gasteiger partial charge is 0.367 e. The molecule has 0 bridgehead atoms. The van der Waals surface area contributed by atoms with Crippen LogP contribution in [-0.2, 0) is 9.53 Å². The summed E-state index contributed by atoms with van der Waals surface area (Å²) >= 11 is 16.9. The molecular formula is C10H7Cl3F3NO2. The van der Waals surface area contributed by atoms with Gasteiger partial charge in [-0.15, -0.1) is 23.2 Å². The summed E-state index contributed by atoms with van der Waals surface area (Å²) in [7, 11) is 0. The molecule has 0 aromatic rings. The first-order chi connectivity index (χ1) is 8.57. The molecule has 0 saturated carbocycles. The number of nitrogens with two attached hydrogens (primary N) is 1. The van der Waals surface area contributed by atoms with Crippen LogP contribution in [0.1, 0.15) is 0 Å². The van der Waals surface area contributed by atoms with E-state index in [0.29, 0.717) is 0 Å². The van der Waals surface area contributed by atoms with E-state index in [1.54, 1.807) is 0 Å². The van der Waals surface area contributed by atoms with E-state index in [1.807, 2.05) is 0 Å². The van der Waals surface area contributed by atoms with E-state index < -0.39 is 33.0 Å². The Kier molecular flexibility index (Phi) is 3.37. The second kappa shape index (κ2) is 4.28. The number of amides is 1. The number of epoxide rings is 1. The van der Waals surface area contributed by atoms with Gasteiger partial charge in [0, 0.05) is 0 Å². The van der Waals surface area contributed by atoms with Crippen molar-refractivity contribution >= 4 is 40.7 Å². The number of ether oxygens (including phenoxy) is 1. The first-order valence-electron chi connectivity index (χ1n) is 4.99. The highest BCUT2D eigenvalue weighted by molar-refractivity contribution is 6.44. The van der Waals surface area contributed by atoms with E-state index in [2.05, 4.69) is 0 Å². The number of hydrogen-bond acceptors (Lipinski definition) is 2. The fraction of sp³-hybridized carbons (Fsp3) is 0.500. The number of carbonyl (C=O) groups excluding carboxylic acids is 1. The molecule has 1 aliphatic heterocycles. The van der Waals surface area contributed by atoms with Crippen LogP contribution in [0.4, 0.5) is 13.2 Å². The topological polar surface area (TPSA) is 55.6 Å². The molecule has 2 N–H and O–H groups in total. The summed E-state index contributed by atoms with van der Waals surface area (Å²) in [6.45, 7) is -0.131. The number of rotatable bonds is 2. The highest BCUT2D eigenvalue weighted by Crippen LogP contribution is 2.55. The molecule has 2 aliphatic rings. The van der Waals surface area contributed by atoms with Gasteiger partial charge in [-0.25, -0.2) is 0 Å². The maximum absolute atomic E-state index is 13.1. The molecule has 3 unspecified atom stereocenters. The summed E-state index contributed by atoms with van der Waals surface area (Å²) in [5.74, 6) is -0.919. The Bertz CT molecular complexity index is 499. The summed E-state index contributed by atoms with van der Waals surface area (Å²) < 4.78 is 44.1. The van der Waals surface area contributed by atoms with Gasteiger partial charge >= 0.3 is 6.18 Å². The Morgan fingerprint density at radius 1 is 1.47 bits per heavy atom. The lowest BCUT2D eigenvalue weighted by Gasteiger charge is -2.37. The van der Waals surface area contributed by atoms with Crippen molar-refractivity contribution in [2.24, 2.45) is 5.73 Å². The van der Waals surface area contributed by atoms with Crippen molar-refractivity contribution in [3.8, 4) is 0 Å². The first kappa shape index (κ1) is 15.0. The van der Waals surface area contributed by atoms with Crippen LogP contribution in [0.5, 0.6) is 0 Å². The number of halogens is 6. The SMILES string of the molecule is NC(=O)C1(C2=CC=C(Cl)C(Cl)(C(F)(F)F)C2Cl)CO1. The zero-order valence-corrected chi connectivity index (χ0v) is 11.4. The van der Waals surface area contributed by atoms with Gasteiger partial charge in [0.15, 0.2) is 10.5 Å². The lowest BCUT2D eigenvalue weighted by Crippen LogP contribution is -2.53. The van der Waals surface area contributed by atoms with Gasteiger partial charge in [0.2, 0.25) is 0 Å². The van der Waals surface area contributed by atoms with E-state index in [1.165, 1.54) is 6.08 Å². The monoisotopic (exact) mass is 335 g/mol. The molecule has 0 aromatic carbocycles. The molecule has 0 spiro atoms. The average molecular weight is 337 g/mol. The minimum Gasteiger partial charge on any atom is -0.367 e. The van der Waals surface area contributed by atoms with E-state index in [0.717, 1.165) is 6.08 Å². The third kappa shape index (κ3) is 1.96. The van der Waals surface area contributed by atoms with Gasteiger partial charge in [-0.3, -0.25) is 4.79 Å². The molecule has 1 heterocycles. The minimum atomic E-state index is -4.90. The van der Waals surface area contributed by atoms with Crippen molar-refractivity contribution in [3.63, 3.8) is 0 Å². The highest BCUT2D eigenvalue weighted by Gasteiger charge is 2.67. The van der Waals surface area contributed by atoms with Crippen LogP contribution < -0.4 is 5.73 Å². The lowest BCUT2D eigenvalue weighted by molar-refractivity contribution is -0.151. The standard InChI is InChI=1S/C10H7Cl3F3NO2/c11-5-2-1-4(8(3-19-8)7(17)18)6(12)9(5,13)10(14,15)16/h1-2,6H,3H2,(H2,17,18). The van der Waals surface area contributed by atoms with Crippen molar-refractivity contribution in [1.29, 1.82) is 0 Å². The molecule has 1 saturated heterocycles. The summed E-state index contributed by atoms with van der Waals surface area (Å²) in [4.78, 5) is 8.28. The third-order valence-electron chi connectivity index (χ3n) is 3.09. The van der Waals surface area contributed by atoms with Gasteiger partial charge in [-0.05, 0) is 11.6 Å². The molecule has 1 fully saturated rings. The predicted molar refractivity (Wildman–Crippen MR) is 64.2 cm³/mol. The van der Waals surface area contributed by atoms with Gasteiger partial charge in [0.25, 0.3) is 5.91 Å². The average Bonchev–Trinajstić information content (AvgIpc) is 3.05. The summed E-state index contributed by atoms with van der Waals surface area (Å²) in [6, 6.07) is 0. The van der Waals surface area contributed by atoms with Crippen molar-refractivity contribution in [2.45, 2.75) is 22.0 Å². The Labute approximate surface area is 121 Å². The molecule has 106 valence electrons. The maximum atomic E-state index is 13.1. The zero-order valence-electron chi connectivity index (χ0n) is 9.10. The van der Waals surface area contributed by atoms with Crippen molar-refractivity contribution in [3.05, 3.63) is 22.8 Å². The number of primary amides is 1. The van der Waals surface area contributed by atoms with Crippen LogP contribution in [0.3, 0.4) is 0 Å². The predicted octanol–water partition coefficient (Wildman–Crippen LogP) is 2.45. The van der Waals surface area contributed by atoms with Crippen LogP contribution in [0.15, 0.2) is 22.8 Å². The van der Waals surface area contributed by atoms with Gasteiger partial charge in [-0.1, -0.05) is 17.7 Å².